The van der Waals surface area contributed by atoms with Gasteiger partial charge in [0, 0.05) is 18.9 Å². The smallest absolute Gasteiger partial charge is 0.201 e. The lowest BCUT2D eigenvalue weighted by Crippen LogP contribution is -2.05. The van der Waals surface area contributed by atoms with Gasteiger partial charge < -0.3 is 10.6 Å². The molecule has 1 atom stereocenters. The van der Waals surface area contributed by atoms with E-state index in [1.54, 1.807) is 6.92 Å². The summed E-state index contributed by atoms with van der Waals surface area (Å²) in [4.78, 5) is 8.80. The first-order valence-electron chi connectivity index (χ1n) is 2.63. The number of nitrogens with two attached hydrogens (primary N) is 1. The van der Waals surface area contributed by atoms with Gasteiger partial charge in [-0.3, -0.25) is 4.57 Å². The van der Waals surface area contributed by atoms with Crippen molar-refractivity contribution in [1.29, 1.82) is 0 Å². The van der Waals surface area contributed by atoms with Gasteiger partial charge in [0.05, 0.1) is 0 Å². The van der Waals surface area contributed by atoms with Crippen molar-refractivity contribution in [2.45, 2.75) is 6.92 Å². The van der Waals surface area contributed by atoms with Gasteiger partial charge in [-0.2, -0.15) is 0 Å². The van der Waals surface area contributed by atoms with Crippen LogP contribution in [0.3, 0.4) is 0 Å². The van der Waals surface area contributed by atoms with Gasteiger partial charge in [0.2, 0.25) is 7.37 Å². The first-order chi connectivity index (χ1) is 3.62. The van der Waals surface area contributed by atoms with Crippen molar-refractivity contribution < 1.29 is 9.46 Å². The highest BCUT2D eigenvalue weighted by atomic mass is 31.2. The molecular weight excluding hydrogens is 125 g/mol. The van der Waals surface area contributed by atoms with Crippen molar-refractivity contribution in [3.8, 4) is 0 Å². The quantitative estimate of drug-likeness (QED) is 0.547. The number of hydrogen-bond acceptors (Lipinski definition) is 2. The fourth-order valence-corrected chi connectivity index (χ4v) is 1.08. The molecule has 0 bridgehead atoms. The normalized spacial score (nSPS) is 17.9. The fourth-order valence-electron chi connectivity index (χ4n) is 0.360. The first kappa shape index (κ1) is 8.15. The lowest BCUT2D eigenvalue weighted by atomic mass is 10.8. The molecule has 0 aliphatic heterocycles. The Kier molecular flexibility index (Phi) is 3.29. The predicted molar refractivity (Wildman–Crippen MR) is 34.3 cm³/mol. The molecule has 0 aromatic carbocycles. The SMILES string of the molecule is CCP(=O)(O)CCN. The predicted octanol–water partition coefficient (Wildman–Crippen LogP) is 0.235. The third-order valence-electron chi connectivity index (χ3n) is 0.973. The Labute approximate surface area is 49.3 Å². The molecule has 0 saturated carbocycles. The maximum Gasteiger partial charge on any atom is 0.201 e. The molecule has 3 nitrogen and oxygen atoms in total. The van der Waals surface area contributed by atoms with E-state index >= 15 is 0 Å². The van der Waals surface area contributed by atoms with Crippen molar-refractivity contribution in [1.82, 2.24) is 0 Å². The highest BCUT2D eigenvalue weighted by Gasteiger charge is 2.11. The third kappa shape index (κ3) is 3.19. The molecule has 0 aliphatic carbocycles. The number of hydrogen-bond donors (Lipinski definition) is 2. The molecule has 4 heteroatoms. The van der Waals surface area contributed by atoms with Crippen molar-refractivity contribution in [3.63, 3.8) is 0 Å². The fraction of sp³-hybridized carbons (Fsp3) is 1.00. The maximum atomic E-state index is 10.7. The van der Waals surface area contributed by atoms with E-state index in [1.165, 1.54) is 0 Å². The van der Waals surface area contributed by atoms with Crippen molar-refractivity contribution in [2.24, 2.45) is 5.73 Å². The van der Waals surface area contributed by atoms with Crippen molar-refractivity contribution in [3.05, 3.63) is 0 Å². The Morgan fingerprint density at radius 2 is 2.25 bits per heavy atom. The minimum atomic E-state index is -2.80. The lowest BCUT2D eigenvalue weighted by molar-refractivity contribution is 0.479. The van der Waals surface area contributed by atoms with E-state index < -0.39 is 7.37 Å². The van der Waals surface area contributed by atoms with Crippen LogP contribution in [0.25, 0.3) is 0 Å². The summed E-state index contributed by atoms with van der Waals surface area (Å²) in [5.41, 5.74) is 5.06. The van der Waals surface area contributed by atoms with E-state index in [2.05, 4.69) is 0 Å². The van der Waals surface area contributed by atoms with Crippen LogP contribution in [0.4, 0.5) is 0 Å². The summed E-state index contributed by atoms with van der Waals surface area (Å²) in [5, 5.41) is 0. The monoisotopic (exact) mass is 137 g/mol. The first-order valence-corrected chi connectivity index (χ1v) is 4.66. The molecule has 0 saturated heterocycles. The van der Waals surface area contributed by atoms with Crippen LogP contribution < -0.4 is 5.73 Å². The van der Waals surface area contributed by atoms with Crippen molar-refractivity contribution in [2.75, 3.05) is 18.9 Å². The average molecular weight is 137 g/mol. The second kappa shape index (κ2) is 3.23. The van der Waals surface area contributed by atoms with Crippen LogP contribution in [0.5, 0.6) is 0 Å². The van der Waals surface area contributed by atoms with Gasteiger partial charge in [-0.15, -0.1) is 0 Å². The Bertz CT molecular complexity index is 104. The highest BCUT2D eigenvalue weighted by molar-refractivity contribution is 7.57. The zero-order valence-corrected chi connectivity index (χ0v) is 5.90. The van der Waals surface area contributed by atoms with E-state index in [-0.39, 0.29) is 6.16 Å². The van der Waals surface area contributed by atoms with E-state index in [0.717, 1.165) is 0 Å². The van der Waals surface area contributed by atoms with Crippen LogP contribution in [0.15, 0.2) is 0 Å². The van der Waals surface area contributed by atoms with Gasteiger partial charge >= 0.3 is 0 Å². The summed E-state index contributed by atoms with van der Waals surface area (Å²) in [6, 6.07) is 0. The summed E-state index contributed by atoms with van der Waals surface area (Å²) in [5.74, 6) is 0. The molecule has 8 heavy (non-hydrogen) atoms. The maximum absolute atomic E-state index is 10.7. The minimum absolute atomic E-state index is 0.253. The summed E-state index contributed by atoms with van der Waals surface area (Å²) in [6.45, 7) is 2.00. The minimum Gasteiger partial charge on any atom is -0.344 e. The molecule has 3 N–H and O–H groups in total. The molecule has 0 spiro atoms. The largest absolute Gasteiger partial charge is 0.344 e. The van der Waals surface area contributed by atoms with Gasteiger partial charge in [0.25, 0.3) is 0 Å². The van der Waals surface area contributed by atoms with Crippen molar-refractivity contribution >= 4 is 7.37 Å². The van der Waals surface area contributed by atoms with Crippen LogP contribution in [-0.4, -0.2) is 23.8 Å². The summed E-state index contributed by atoms with van der Waals surface area (Å²) in [7, 11) is -2.80. The molecule has 0 amide bonds. The molecular formula is C4H12NO2P. The van der Waals surface area contributed by atoms with Crippen LogP contribution in [-0.2, 0) is 4.57 Å². The van der Waals surface area contributed by atoms with Crippen LogP contribution in [0, 0.1) is 0 Å². The Morgan fingerprint density at radius 1 is 1.75 bits per heavy atom. The Balaban J connectivity index is 3.55. The van der Waals surface area contributed by atoms with Crippen LogP contribution in [0.2, 0.25) is 0 Å². The molecule has 0 aromatic rings. The van der Waals surface area contributed by atoms with E-state index in [9.17, 15) is 4.57 Å². The standard InChI is InChI=1S/C4H12NO2P/c1-2-8(6,7)4-3-5/h2-5H2,1H3,(H,6,7). The average Bonchev–Trinajstić information content (AvgIpc) is 1.67. The van der Waals surface area contributed by atoms with Gasteiger partial charge in [0.1, 0.15) is 0 Å². The summed E-state index contributed by atoms with van der Waals surface area (Å²) in [6.07, 6.45) is 0.591. The van der Waals surface area contributed by atoms with E-state index in [1.807, 2.05) is 0 Å². The zero-order valence-electron chi connectivity index (χ0n) is 5.00. The van der Waals surface area contributed by atoms with Gasteiger partial charge in [-0.1, -0.05) is 6.92 Å². The van der Waals surface area contributed by atoms with Crippen LogP contribution in [0.1, 0.15) is 6.92 Å². The van der Waals surface area contributed by atoms with Gasteiger partial charge in [-0.05, 0) is 0 Å². The Hall–Kier alpha value is 0.150. The zero-order chi connectivity index (χ0) is 6.62. The summed E-state index contributed by atoms with van der Waals surface area (Å²) < 4.78 is 10.7. The molecule has 0 heterocycles. The van der Waals surface area contributed by atoms with Crippen LogP contribution >= 0.6 is 7.37 Å². The van der Waals surface area contributed by atoms with Gasteiger partial charge in [-0.25, -0.2) is 0 Å². The molecule has 0 radical (unpaired) electrons. The Morgan fingerprint density at radius 3 is 2.38 bits per heavy atom. The molecule has 0 fully saturated rings. The topological polar surface area (TPSA) is 63.3 Å². The number of rotatable bonds is 3. The molecule has 50 valence electrons. The third-order valence-corrected chi connectivity index (χ3v) is 2.92. The highest BCUT2D eigenvalue weighted by Crippen LogP contribution is 2.38. The van der Waals surface area contributed by atoms with E-state index in [0.29, 0.717) is 12.7 Å². The van der Waals surface area contributed by atoms with E-state index in [4.69, 9.17) is 10.6 Å². The summed E-state index contributed by atoms with van der Waals surface area (Å²) >= 11 is 0. The molecule has 0 aliphatic rings. The second-order valence-corrected chi connectivity index (χ2v) is 4.45. The van der Waals surface area contributed by atoms with Gasteiger partial charge in [0.15, 0.2) is 0 Å². The molecule has 1 unspecified atom stereocenters. The second-order valence-electron chi connectivity index (χ2n) is 1.67. The molecule has 0 rings (SSSR count). The lowest BCUT2D eigenvalue weighted by Gasteiger charge is -2.04. The molecule has 0 aromatic heterocycles.